The van der Waals surface area contributed by atoms with Crippen molar-refractivity contribution < 1.29 is 4.39 Å². The van der Waals surface area contributed by atoms with Crippen molar-refractivity contribution in [2.24, 2.45) is 5.73 Å². The van der Waals surface area contributed by atoms with Gasteiger partial charge in [-0.3, -0.25) is 0 Å². The van der Waals surface area contributed by atoms with Crippen LogP contribution in [0.4, 0.5) is 4.39 Å². The Labute approximate surface area is 85.1 Å². The second kappa shape index (κ2) is 4.09. The predicted molar refractivity (Wildman–Crippen MR) is 57.7 cm³/mol. The van der Waals surface area contributed by atoms with Gasteiger partial charge in [0, 0.05) is 5.54 Å². The molecule has 1 unspecified atom stereocenters. The van der Waals surface area contributed by atoms with Crippen LogP contribution in [0.1, 0.15) is 38.7 Å². The van der Waals surface area contributed by atoms with Crippen LogP contribution < -0.4 is 5.73 Å². The van der Waals surface area contributed by atoms with E-state index in [0.29, 0.717) is 5.92 Å². The molecule has 1 aromatic rings. The Hall–Kier alpha value is -0.890. The third-order valence-corrected chi connectivity index (χ3v) is 2.25. The van der Waals surface area contributed by atoms with Crippen LogP contribution >= 0.6 is 0 Å². The van der Waals surface area contributed by atoms with Gasteiger partial charge in [-0.05, 0) is 43.9 Å². The fraction of sp³-hybridized carbons (Fsp3) is 0.500. The molecule has 1 aromatic carbocycles. The molecule has 0 amide bonds. The number of halogens is 1. The molecule has 14 heavy (non-hydrogen) atoms. The number of hydrogen-bond acceptors (Lipinski definition) is 1. The van der Waals surface area contributed by atoms with E-state index in [2.05, 4.69) is 6.92 Å². The van der Waals surface area contributed by atoms with Gasteiger partial charge in [-0.2, -0.15) is 0 Å². The summed E-state index contributed by atoms with van der Waals surface area (Å²) in [4.78, 5) is 0. The number of rotatable bonds is 3. The van der Waals surface area contributed by atoms with E-state index in [1.807, 2.05) is 19.9 Å². The molecule has 0 aliphatic rings. The summed E-state index contributed by atoms with van der Waals surface area (Å²) in [6, 6.07) is 6.73. The zero-order chi connectivity index (χ0) is 10.8. The van der Waals surface area contributed by atoms with Gasteiger partial charge in [0.1, 0.15) is 5.82 Å². The quantitative estimate of drug-likeness (QED) is 0.788. The first-order valence-corrected chi connectivity index (χ1v) is 4.93. The topological polar surface area (TPSA) is 26.0 Å². The maximum atomic E-state index is 12.9. The van der Waals surface area contributed by atoms with Crippen molar-refractivity contribution in [3.63, 3.8) is 0 Å². The Kier molecular flexibility index (Phi) is 3.27. The molecule has 2 heteroatoms. The second-order valence-corrected chi connectivity index (χ2v) is 4.65. The van der Waals surface area contributed by atoms with Crippen molar-refractivity contribution in [2.45, 2.75) is 38.6 Å². The lowest BCUT2D eigenvalue weighted by atomic mass is 9.88. The van der Waals surface area contributed by atoms with Gasteiger partial charge in [0.2, 0.25) is 0 Å². The van der Waals surface area contributed by atoms with Crippen LogP contribution in [0.15, 0.2) is 24.3 Å². The lowest BCUT2D eigenvalue weighted by Crippen LogP contribution is -2.33. The van der Waals surface area contributed by atoms with Crippen molar-refractivity contribution in [1.29, 1.82) is 0 Å². The van der Waals surface area contributed by atoms with E-state index in [0.717, 1.165) is 12.0 Å². The number of hydrogen-bond donors (Lipinski definition) is 1. The van der Waals surface area contributed by atoms with E-state index in [9.17, 15) is 4.39 Å². The summed E-state index contributed by atoms with van der Waals surface area (Å²) in [6.45, 7) is 6.05. The van der Waals surface area contributed by atoms with Crippen molar-refractivity contribution in [3.05, 3.63) is 35.6 Å². The minimum Gasteiger partial charge on any atom is -0.326 e. The average Bonchev–Trinajstić information content (AvgIpc) is 2.01. The largest absolute Gasteiger partial charge is 0.326 e. The van der Waals surface area contributed by atoms with Crippen LogP contribution in [0.25, 0.3) is 0 Å². The van der Waals surface area contributed by atoms with Crippen LogP contribution in [-0.2, 0) is 0 Å². The summed E-state index contributed by atoms with van der Waals surface area (Å²) in [5.74, 6) is 0.120. The van der Waals surface area contributed by atoms with E-state index in [4.69, 9.17) is 5.73 Å². The van der Waals surface area contributed by atoms with E-state index in [-0.39, 0.29) is 11.4 Å². The Morgan fingerprint density at radius 2 is 2.07 bits per heavy atom. The lowest BCUT2D eigenvalue weighted by molar-refractivity contribution is 0.436. The Bertz CT molecular complexity index is 301. The molecule has 0 aromatic heterocycles. The summed E-state index contributed by atoms with van der Waals surface area (Å²) in [5.41, 5.74) is 6.73. The van der Waals surface area contributed by atoms with Gasteiger partial charge < -0.3 is 5.73 Å². The maximum absolute atomic E-state index is 12.9. The molecule has 2 N–H and O–H groups in total. The molecule has 0 aliphatic carbocycles. The van der Waals surface area contributed by atoms with E-state index in [1.165, 1.54) is 6.07 Å². The van der Waals surface area contributed by atoms with Crippen molar-refractivity contribution >= 4 is 0 Å². The monoisotopic (exact) mass is 195 g/mol. The summed E-state index contributed by atoms with van der Waals surface area (Å²) >= 11 is 0. The fourth-order valence-electron chi connectivity index (χ4n) is 1.72. The molecule has 0 saturated heterocycles. The first-order valence-electron chi connectivity index (χ1n) is 4.93. The zero-order valence-electron chi connectivity index (χ0n) is 9.05. The summed E-state index contributed by atoms with van der Waals surface area (Å²) in [7, 11) is 0. The van der Waals surface area contributed by atoms with Crippen molar-refractivity contribution in [3.8, 4) is 0 Å². The van der Waals surface area contributed by atoms with Crippen LogP contribution in [0.5, 0.6) is 0 Å². The maximum Gasteiger partial charge on any atom is 0.123 e. The highest BCUT2D eigenvalue weighted by molar-refractivity contribution is 5.20. The normalized spacial score (nSPS) is 14.1. The molecule has 0 spiro atoms. The summed E-state index contributed by atoms with van der Waals surface area (Å²) in [5, 5.41) is 0. The molecular formula is C12H18FN. The highest BCUT2D eigenvalue weighted by atomic mass is 19.1. The van der Waals surface area contributed by atoms with Crippen LogP contribution in [0, 0.1) is 5.82 Å². The Morgan fingerprint density at radius 3 is 2.57 bits per heavy atom. The molecule has 0 aliphatic heterocycles. The minimum absolute atomic E-state index is 0.177. The van der Waals surface area contributed by atoms with Gasteiger partial charge in [-0.1, -0.05) is 19.1 Å². The molecule has 1 atom stereocenters. The third kappa shape index (κ3) is 3.46. The van der Waals surface area contributed by atoms with Gasteiger partial charge in [0.05, 0.1) is 0 Å². The molecular weight excluding hydrogens is 177 g/mol. The first kappa shape index (κ1) is 11.2. The highest BCUT2D eigenvalue weighted by Gasteiger charge is 2.16. The van der Waals surface area contributed by atoms with Crippen molar-refractivity contribution in [1.82, 2.24) is 0 Å². The van der Waals surface area contributed by atoms with Crippen LogP contribution in [0.3, 0.4) is 0 Å². The summed E-state index contributed by atoms with van der Waals surface area (Å²) in [6.07, 6.45) is 0.858. The number of benzene rings is 1. The molecule has 1 nitrogen and oxygen atoms in total. The van der Waals surface area contributed by atoms with Crippen molar-refractivity contribution in [2.75, 3.05) is 0 Å². The van der Waals surface area contributed by atoms with Gasteiger partial charge in [-0.15, -0.1) is 0 Å². The van der Waals surface area contributed by atoms with E-state index >= 15 is 0 Å². The lowest BCUT2D eigenvalue weighted by Gasteiger charge is -2.23. The van der Waals surface area contributed by atoms with Gasteiger partial charge in [0.15, 0.2) is 0 Å². The highest BCUT2D eigenvalue weighted by Crippen LogP contribution is 2.24. The van der Waals surface area contributed by atoms with Gasteiger partial charge >= 0.3 is 0 Å². The standard InChI is InChI=1S/C12H18FN/c1-9(8-12(2,3)14)10-5-4-6-11(13)7-10/h4-7,9H,8,14H2,1-3H3. The minimum atomic E-state index is -0.203. The average molecular weight is 195 g/mol. The van der Waals surface area contributed by atoms with Gasteiger partial charge in [-0.25, -0.2) is 4.39 Å². The second-order valence-electron chi connectivity index (χ2n) is 4.65. The molecule has 78 valence electrons. The fourth-order valence-corrected chi connectivity index (χ4v) is 1.72. The summed E-state index contributed by atoms with van der Waals surface area (Å²) < 4.78 is 12.9. The molecule has 0 saturated carbocycles. The molecule has 0 bridgehead atoms. The van der Waals surface area contributed by atoms with Crippen LogP contribution in [-0.4, -0.2) is 5.54 Å². The molecule has 0 fully saturated rings. The Morgan fingerprint density at radius 1 is 1.43 bits per heavy atom. The van der Waals surface area contributed by atoms with Gasteiger partial charge in [0.25, 0.3) is 0 Å². The zero-order valence-corrected chi connectivity index (χ0v) is 9.05. The SMILES string of the molecule is CC(CC(C)(C)N)c1cccc(F)c1. The smallest absolute Gasteiger partial charge is 0.123 e. The van der Waals surface area contributed by atoms with E-state index in [1.54, 1.807) is 12.1 Å². The third-order valence-electron chi connectivity index (χ3n) is 2.25. The molecule has 0 heterocycles. The Balaban J connectivity index is 2.74. The number of nitrogens with two attached hydrogens (primary N) is 1. The molecule has 1 rings (SSSR count). The van der Waals surface area contributed by atoms with E-state index < -0.39 is 0 Å². The molecule has 0 radical (unpaired) electrons. The predicted octanol–water partition coefficient (Wildman–Crippen LogP) is 3.06. The first-order chi connectivity index (χ1) is 6.38. The van der Waals surface area contributed by atoms with Crippen LogP contribution in [0.2, 0.25) is 0 Å².